The molecule has 380 valence electrons. The number of halogens is 6. The first-order valence-corrected chi connectivity index (χ1v) is 23.0. The number of benzene rings is 2. The molecular formula is C38H44F6N8O15S2. The Bertz CT molecular complexity index is 3150. The number of rotatable bonds is 10. The molecule has 0 bridgehead atoms. The summed E-state index contributed by atoms with van der Waals surface area (Å²) in [6.45, 7) is 2.19. The summed E-state index contributed by atoms with van der Waals surface area (Å²) in [5.41, 5.74) is -8.83. The number of carbonyl (C=O) groups excluding carboxylic acids is 2. The van der Waals surface area contributed by atoms with E-state index in [0.717, 1.165) is 52.0 Å². The summed E-state index contributed by atoms with van der Waals surface area (Å²) >= 11 is 0. The normalized spacial score (nSPS) is 14.9. The Labute approximate surface area is 385 Å². The van der Waals surface area contributed by atoms with Gasteiger partial charge in [0, 0.05) is 73.3 Å². The van der Waals surface area contributed by atoms with E-state index in [2.05, 4.69) is 10.3 Å². The van der Waals surface area contributed by atoms with Crippen LogP contribution in [0.1, 0.15) is 55.9 Å². The van der Waals surface area contributed by atoms with Crippen molar-refractivity contribution in [2.75, 3.05) is 36.0 Å². The maximum absolute atomic E-state index is 13.4. The van der Waals surface area contributed by atoms with Gasteiger partial charge in [0.25, 0.3) is 33.0 Å². The average molecular weight is 1030 g/mol. The number of hydrogen-bond acceptors (Lipinski definition) is 14. The Morgan fingerprint density at radius 3 is 1.64 bits per heavy atom. The van der Waals surface area contributed by atoms with Gasteiger partial charge < -0.3 is 39.2 Å². The largest absolute Gasteiger partial charge is 0.481 e. The molecule has 31 heteroatoms. The molecule has 1 fully saturated rings. The first-order chi connectivity index (χ1) is 31.7. The lowest BCUT2D eigenvalue weighted by molar-refractivity contribution is -0.185. The number of fused-ring (bicyclic) bond motifs is 2. The van der Waals surface area contributed by atoms with Crippen molar-refractivity contribution >= 4 is 59.6 Å². The van der Waals surface area contributed by atoms with E-state index in [1.54, 1.807) is 43.6 Å². The van der Waals surface area contributed by atoms with E-state index in [4.69, 9.17) is 24.1 Å². The second-order valence-electron chi connectivity index (χ2n) is 14.4. The van der Waals surface area contributed by atoms with Crippen LogP contribution in [-0.2, 0) is 74.1 Å². The van der Waals surface area contributed by atoms with E-state index in [1.165, 1.54) is 4.57 Å². The molecule has 6 rings (SSSR count). The zero-order valence-electron chi connectivity index (χ0n) is 37.1. The van der Waals surface area contributed by atoms with E-state index < -0.39 is 107 Å². The summed E-state index contributed by atoms with van der Waals surface area (Å²) in [6.07, 6.45) is -3.39. The molecule has 1 aliphatic heterocycles. The van der Waals surface area contributed by atoms with Gasteiger partial charge in [0.2, 0.25) is 15.9 Å². The minimum Gasteiger partial charge on any atom is -0.481 e. The maximum atomic E-state index is 13.4. The zero-order valence-corrected chi connectivity index (χ0v) is 38.8. The molecule has 69 heavy (non-hydrogen) atoms. The van der Waals surface area contributed by atoms with E-state index >= 15 is 0 Å². The van der Waals surface area contributed by atoms with Gasteiger partial charge in [0.05, 0.1) is 45.4 Å². The molecule has 23 nitrogen and oxygen atoms in total. The van der Waals surface area contributed by atoms with Gasteiger partial charge in [-0.25, -0.2) is 31.3 Å². The number of aliphatic carboxylic acids is 1. The Morgan fingerprint density at radius 1 is 0.783 bits per heavy atom. The van der Waals surface area contributed by atoms with Crippen molar-refractivity contribution in [1.29, 1.82) is 0 Å². The summed E-state index contributed by atoms with van der Waals surface area (Å²) < 4.78 is 143. The number of aromatic amines is 2. The number of hydrogen-bond donors (Lipinski definition) is 5. The first-order valence-electron chi connectivity index (χ1n) is 19.2. The van der Waals surface area contributed by atoms with Crippen LogP contribution >= 0.6 is 0 Å². The molecular weight excluding hydrogens is 987 g/mol. The van der Waals surface area contributed by atoms with Crippen molar-refractivity contribution in [3.8, 4) is 0 Å². The summed E-state index contributed by atoms with van der Waals surface area (Å²) in [4.78, 5) is 86.9. The monoisotopic (exact) mass is 1030 g/mol. The molecule has 5 N–H and O–H groups in total. The maximum Gasteiger partial charge on any atom is 0.416 e. The number of carbonyl (C=O) groups is 3. The Balaban J connectivity index is 0.000000291. The van der Waals surface area contributed by atoms with Gasteiger partial charge in [-0.15, -0.1) is 9.09 Å². The van der Waals surface area contributed by atoms with Crippen LogP contribution < -0.4 is 37.1 Å². The molecule has 2 unspecified atom stereocenters. The number of ether oxygens (including phenoxy) is 3. The number of H-pyrrole nitrogens is 2. The lowest BCUT2D eigenvalue weighted by atomic mass is 10.0. The number of aromatic nitrogens is 5. The standard InChI is InChI=1S/C15H15F3N4O6S.C15H13F3N4O4S.C6H12O3.C2H4O2/c1-7(23)19-6-9-4-10-12(5-11(9)15(16,17)18)20-14(26)21(13(10)25)22(8(2)24)29(3,27)28;1-27(25,26)20-22-13(23)10-6-9(8-21-4-2-3-5-21)11(15(16,17)18)7-12(10)19-14(22)24;1-7-5-3-4-6(8-2)9-5;1-2(3)4/h4-5H,6H2,1-3H3,(H,19,23)(H,20,26);2-7,20H,8H2,1H3,(H,19,24);5-6H,3-4H2,1-2H3;1H3,(H,3,4). The lowest BCUT2D eigenvalue weighted by Crippen LogP contribution is -2.55. The number of sulfonamides is 2. The predicted molar refractivity (Wildman–Crippen MR) is 232 cm³/mol. The summed E-state index contributed by atoms with van der Waals surface area (Å²) in [6, 6.07) is 6.20. The van der Waals surface area contributed by atoms with Crippen LogP contribution in [0.3, 0.4) is 0 Å². The van der Waals surface area contributed by atoms with Crippen LogP contribution in [0.2, 0.25) is 0 Å². The van der Waals surface area contributed by atoms with Crippen LogP contribution in [0.25, 0.3) is 21.8 Å². The summed E-state index contributed by atoms with van der Waals surface area (Å²) in [5, 5.41) is 8.83. The fraction of sp³-hybridized carbons (Fsp3) is 0.395. The van der Waals surface area contributed by atoms with Gasteiger partial charge in [0.1, 0.15) is 0 Å². The third-order valence-corrected chi connectivity index (χ3v) is 10.4. The second kappa shape index (κ2) is 22.5. The quantitative estimate of drug-likeness (QED) is 0.124. The molecule has 4 heterocycles. The molecule has 1 saturated heterocycles. The highest BCUT2D eigenvalue weighted by molar-refractivity contribution is 7.92. The zero-order chi connectivity index (χ0) is 52.6. The number of nitrogens with zero attached hydrogens (tertiary/aromatic N) is 4. The molecule has 3 aromatic heterocycles. The Kier molecular flexibility index (Phi) is 18.4. The lowest BCUT2D eigenvalue weighted by Gasteiger charge is -2.20. The number of carboxylic acid groups (broad SMARTS) is 1. The van der Waals surface area contributed by atoms with Crippen LogP contribution in [-0.4, -0.2) is 103 Å². The number of nitrogens with one attached hydrogen (secondary N) is 4. The van der Waals surface area contributed by atoms with Crippen molar-refractivity contribution in [2.45, 2.75) is 71.6 Å². The molecule has 5 aromatic rings. The molecule has 0 saturated carbocycles. The van der Waals surface area contributed by atoms with Crippen molar-refractivity contribution in [2.24, 2.45) is 0 Å². The van der Waals surface area contributed by atoms with E-state index in [9.17, 15) is 71.9 Å². The van der Waals surface area contributed by atoms with Gasteiger partial charge in [0.15, 0.2) is 12.6 Å². The summed E-state index contributed by atoms with van der Waals surface area (Å²) in [7, 11) is -5.09. The third-order valence-electron chi connectivity index (χ3n) is 8.87. The highest BCUT2D eigenvalue weighted by Gasteiger charge is 2.36. The van der Waals surface area contributed by atoms with Crippen LogP contribution in [0.4, 0.5) is 26.3 Å². The van der Waals surface area contributed by atoms with Crippen molar-refractivity contribution in [1.82, 2.24) is 29.2 Å². The van der Waals surface area contributed by atoms with E-state index in [-0.39, 0.29) is 49.4 Å². The third kappa shape index (κ3) is 15.6. The van der Waals surface area contributed by atoms with Gasteiger partial charge in [-0.2, -0.15) is 31.0 Å². The molecule has 2 amide bonds. The van der Waals surface area contributed by atoms with Crippen molar-refractivity contribution < 1.29 is 76.9 Å². The topological polar surface area (TPSA) is 309 Å². The second-order valence-corrected chi connectivity index (χ2v) is 18.0. The van der Waals surface area contributed by atoms with E-state index in [0.29, 0.717) is 18.4 Å². The number of alkyl halides is 6. The van der Waals surface area contributed by atoms with E-state index in [1.807, 2.05) is 4.98 Å². The Hall–Kier alpha value is -6.83. The number of amides is 2. The highest BCUT2D eigenvalue weighted by Crippen LogP contribution is 2.35. The molecule has 0 radical (unpaired) electrons. The van der Waals surface area contributed by atoms with Crippen molar-refractivity contribution in [3.05, 3.63) is 113 Å². The van der Waals surface area contributed by atoms with Crippen LogP contribution in [0.15, 0.2) is 68.0 Å². The number of carboxylic acids is 1. The van der Waals surface area contributed by atoms with Crippen LogP contribution in [0.5, 0.6) is 0 Å². The SMILES string of the molecule is CC(=O)NCc1cc2c(=O)n(N(C(C)=O)S(C)(=O)=O)c(=O)[nH]c2cc1C(F)(F)F.CC(=O)O.COC1CCC(OC)O1.CS(=O)(=O)Nn1c(=O)[nH]c2cc(C(F)(F)F)c(Cn3cccc3)cc2c1=O. The molecule has 0 aliphatic carbocycles. The molecule has 2 aromatic carbocycles. The summed E-state index contributed by atoms with van der Waals surface area (Å²) in [5.74, 6) is -2.65. The highest BCUT2D eigenvalue weighted by atomic mass is 32.2. The van der Waals surface area contributed by atoms with Crippen LogP contribution in [0, 0.1) is 0 Å². The van der Waals surface area contributed by atoms with Gasteiger partial charge in [-0.05, 0) is 47.5 Å². The average Bonchev–Trinajstić information content (AvgIpc) is 3.91. The molecule has 0 spiro atoms. The van der Waals surface area contributed by atoms with Gasteiger partial charge in [-0.3, -0.25) is 24.0 Å². The first kappa shape index (κ1) is 56.5. The predicted octanol–water partition coefficient (Wildman–Crippen LogP) is 1.68. The fourth-order valence-electron chi connectivity index (χ4n) is 6.17. The minimum absolute atomic E-state index is 0.0184. The van der Waals surface area contributed by atoms with Crippen molar-refractivity contribution in [3.63, 3.8) is 0 Å². The Morgan fingerprint density at radius 2 is 1.23 bits per heavy atom. The number of methoxy groups -OCH3 is 2. The smallest absolute Gasteiger partial charge is 0.416 e. The van der Waals surface area contributed by atoms with Gasteiger partial charge in [-0.1, -0.05) is 0 Å². The fourth-order valence-corrected chi connectivity index (χ4v) is 7.58. The molecule has 1 aliphatic rings. The minimum atomic E-state index is -4.87. The van der Waals surface area contributed by atoms with Gasteiger partial charge >= 0.3 is 23.7 Å². The molecule has 2 atom stereocenters.